The van der Waals surface area contributed by atoms with Crippen LogP contribution < -0.4 is 10.0 Å². The molecular formula is C20H25FN2O3S. The van der Waals surface area contributed by atoms with Gasteiger partial charge < -0.3 is 5.32 Å². The Morgan fingerprint density at radius 3 is 2.37 bits per heavy atom. The number of carbonyl (C=O) groups is 1. The van der Waals surface area contributed by atoms with Crippen LogP contribution in [0.1, 0.15) is 26.3 Å². The molecule has 0 aliphatic heterocycles. The van der Waals surface area contributed by atoms with E-state index in [9.17, 15) is 17.6 Å². The quantitative estimate of drug-likeness (QED) is 0.712. The molecule has 146 valence electrons. The molecule has 2 aromatic carbocycles. The molecule has 1 amide bonds. The van der Waals surface area contributed by atoms with Gasteiger partial charge in [0.2, 0.25) is 15.9 Å². The van der Waals surface area contributed by atoms with Crippen molar-refractivity contribution < 1.29 is 17.6 Å². The summed E-state index contributed by atoms with van der Waals surface area (Å²) in [6.45, 7) is 5.77. The summed E-state index contributed by atoms with van der Waals surface area (Å²) < 4.78 is 40.0. The van der Waals surface area contributed by atoms with Gasteiger partial charge in [0.05, 0.1) is 17.4 Å². The largest absolute Gasteiger partial charge is 0.326 e. The summed E-state index contributed by atoms with van der Waals surface area (Å²) in [7, 11) is -3.79. The van der Waals surface area contributed by atoms with Crippen molar-refractivity contribution >= 4 is 27.3 Å². The van der Waals surface area contributed by atoms with E-state index in [1.54, 1.807) is 6.07 Å². The highest BCUT2D eigenvalue weighted by Gasteiger charge is 2.22. The molecule has 27 heavy (non-hydrogen) atoms. The fourth-order valence-corrected chi connectivity index (χ4v) is 4.07. The molecule has 0 bridgehead atoms. The second-order valence-electron chi connectivity index (χ2n) is 7.08. The number of amides is 1. The van der Waals surface area contributed by atoms with E-state index in [4.69, 9.17) is 0 Å². The number of benzene rings is 2. The van der Waals surface area contributed by atoms with Crippen LogP contribution in [0.3, 0.4) is 0 Å². The molecule has 0 heterocycles. The lowest BCUT2D eigenvalue weighted by Gasteiger charge is -2.15. The van der Waals surface area contributed by atoms with E-state index in [1.807, 2.05) is 18.2 Å². The maximum Gasteiger partial charge on any atom is 0.233 e. The number of sulfonamides is 1. The van der Waals surface area contributed by atoms with E-state index in [0.29, 0.717) is 11.6 Å². The lowest BCUT2D eigenvalue weighted by molar-refractivity contribution is -0.118. The second kappa shape index (κ2) is 8.99. The predicted molar refractivity (Wildman–Crippen MR) is 107 cm³/mol. The van der Waals surface area contributed by atoms with Gasteiger partial charge in [0.1, 0.15) is 5.82 Å². The normalized spacial score (nSPS) is 12.6. The highest BCUT2D eigenvalue weighted by atomic mass is 32.2. The lowest BCUT2D eigenvalue weighted by Crippen LogP contribution is -2.29. The van der Waals surface area contributed by atoms with Gasteiger partial charge in [-0.05, 0) is 48.2 Å². The Labute approximate surface area is 160 Å². The number of anilines is 2. The summed E-state index contributed by atoms with van der Waals surface area (Å²) in [5.41, 5.74) is 1.88. The van der Waals surface area contributed by atoms with Gasteiger partial charge in [-0.3, -0.25) is 9.52 Å². The summed E-state index contributed by atoms with van der Waals surface area (Å²) in [5.74, 6) is -1.61. The Hall–Kier alpha value is -2.41. The molecule has 7 heteroatoms. The molecule has 0 saturated carbocycles. The van der Waals surface area contributed by atoms with Crippen molar-refractivity contribution in [3.8, 4) is 0 Å². The van der Waals surface area contributed by atoms with Crippen molar-refractivity contribution in [1.29, 1.82) is 0 Å². The SMILES string of the molecule is CC(C)Cc1cccc(NC(=O)C(C)CS(=O)(=O)Nc2cccc(F)c2)c1. The minimum absolute atomic E-state index is 0.129. The summed E-state index contributed by atoms with van der Waals surface area (Å²) >= 11 is 0. The standard InChI is InChI=1S/C20H25FN2O3S/c1-14(2)10-16-6-4-8-18(11-16)22-20(24)15(3)13-27(25,26)23-19-9-5-7-17(21)12-19/h4-9,11-12,14-15,23H,10,13H2,1-3H3,(H,22,24). The Balaban J connectivity index is 1.98. The smallest absolute Gasteiger partial charge is 0.233 e. The first kappa shape index (κ1) is 20.9. The topological polar surface area (TPSA) is 75.3 Å². The molecule has 0 aliphatic rings. The van der Waals surface area contributed by atoms with Crippen LogP contribution in [-0.4, -0.2) is 20.1 Å². The molecule has 1 atom stereocenters. The van der Waals surface area contributed by atoms with E-state index in [-0.39, 0.29) is 11.6 Å². The average molecular weight is 392 g/mol. The first-order chi connectivity index (χ1) is 12.6. The highest BCUT2D eigenvalue weighted by molar-refractivity contribution is 7.92. The number of carbonyl (C=O) groups excluding carboxylic acids is 1. The van der Waals surface area contributed by atoms with Crippen LogP contribution in [0.5, 0.6) is 0 Å². The third-order valence-electron chi connectivity index (χ3n) is 3.85. The van der Waals surface area contributed by atoms with Gasteiger partial charge in [-0.2, -0.15) is 0 Å². The molecule has 0 saturated heterocycles. The van der Waals surface area contributed by atoms with E-state index in [0.717, 1.165) is 18.1 Å². The first-order valence-corrected chi connectivity index (χ1v) is 10.5. The van der Waals surface area contributed by atoms with Gasteiger partial charge in [0.25, 0.3) is 0 Å². The Morgan fingerprint density at radius 1 is 1.04 bits per heavy atom. The fraction of sp³-hybridized carbons (Fsp3) is 0.350. The van der Waals surface area contributed by atoms with Crippen LogP contribution in [0.2, 0.25) is 0 Å². The predicted octanol–water partition coefficient (Wildman–Crippen LogP) is 4.04. The number of halogens is 1. The van der Waals surface area contributed by atoms with Crippen molar-refractivity contribution in [1.82, 2.24) is 0 Å². The van der Waals surface area contributed by atoms with Crippen molar-refractivity contribution in [2.45, 2.75) is 27.2 Å². The molecular weight excluding hydrogens is 367 g/mol. The Kier molecular flexibility index (Phi) is 6.96. The molecule has 0 aromatic heterocycles. The third-order valence-corrected chi connectivity index (χ3v) is 5.34. The van der Waals surface area contributed by atoms with Gasteiger partial charge in [-0.25, -0.2) is 12.8 Å². The molecule has 5 nitrogen and oxygen atoms in total. The van der Waals surface area contributed by atoms with Crippen molar-refractivity contribution in [2.24, 2.45) is 11.8 Å². The second-order valence-corrected chi connectivity index (χ2v) is 8.85. The zero-order chi connectivity index (χ0) is 20.0. The van der Waals surface area contributed by atoms with Gasteiger partial charge in [0.15, 0.2) is 0 Å². The van der Waals surface area contributed by atoms with Crippen LogP contribution in [0.25, 0.3) is 0 Å². The molecule has 2 rings (SSSR count). The van der Waals surface area contributed by atoms with Crippen LogP contribution in [-0.2, 0) is 21.2 Å². The molecule has 1 unspecified atom stereocenters. The zero-order valence-corrected chi connectivity index (χ0v) is 16.5. The van der Waals surface area contributed by atoms with Gasteiger partial charge in [-0.15, -0.1) is 0 Å². The van der Waals surface area contributed by atoms with E-state index in [1.165, 1.54) is 25.1 Å². The van der Waals surface area contributed by atoms with Crippen LogP contribution in [0, 0.1) is 17.7 Å². The average Bonchev–Trinajstić information content (AvgIpc) is 2.53. The maximum atomic E-state index is 13.2. The third kappa shape index (κ3) is 7.02. The van der Waals surface area contributed by atoms with Gasteiger partial charge in [-0.1, -0.05) is 39.0 Å². The minimum Gasteiger partial charge on any atom is -0.326 e. The van der Waals surface area contributed by atoms with Crippen molar-refractivity contribution in [3.05, 3.63) is 59.9 Å². The summed E-state index contributed by atoms with van der Waals surface area (Å²) in [6, 6.07) is 12.7. The summed E-state index contributed by atoms with van der Waals surface area (Å²) in [4.78, 5) is 12.4. The lowest BCUT2D eigenvalue weighted by atomic mass is 10.0. The van der Waals surface area contributed by atoms with Gasteiger partial charge >= 0.3 is 0 Å². The zero-order valence-electron chi connectivity index (χ0n) is 15.7. The van der Waals surface area contributed by atoms with Gasteiger partial charge in [0, 0.05) is 5.69 Å². The number of nitrogens with one attached hydrogen (secondary N) is 2. The molecule has 0 spiro atoms. The van der Waals surface area contributed by atoms with Crippen molar-refractivity contribution in [2.75, 3.05) is 15.8 Å². The fourth-order valence-electron chi connectivity index (χ4n) is 2.69. The molecule has 0 fully saturated rings. The van der Waals surface area contributed by atoms with Crippen LogP contribution >= 0.6 is 0 Å². The van der Waals surface area contributed by atoms with E-state index < -0.39 is 27.5 Å². The van der Waals surface area contributed by atoms with Crippen LogP contribution in [0.4, 0.5) is 15.8 Å². The molecule has 0 aliphatic carbocycles. The van der Waals surface area contributed by atoms with Crippen LogP contribution in [0.15, 0.2) is 48.5 Å². The monoisotopic (exact) mass is 392 g/mol. The number of hydrogen-bond acceptors (Lipinski definition) is 3. The first-order valence-electron chi connectivity index (χ1n) is 8.80. The Morgan fingerprint density at radius 2 is 1.70 bits per heavy atom. The molecule has 0 radical (unpaired) electrons. The van der Waals surface area contributed by atoms with E-state index >= 15 is 0 Å². The maximum absolute atomic E-state index is 13.2. The molecule has 2 aromatic rings. The summed E-state index contributed by atoms with van der Waals surface area (Å²) in [5, 5.41) is 2.76. The number of hydrogen-bond donors (Lipinski definition) is 2. The minimum atomic E-state index is -3.79. The number of rotatable bonds is 8. The Bertz CT molecular complexity index is 898. The molecule has 2 N–H and O–H groups in total. The highest BCUT2D eigenvalue weighted by Crippen LogP contribution is 2.17. The summed E-state index contributed by atoms with van der Waals surface area (Å²) in [6.07, 6.45) is 0.894. The van der Waals surface area contributed by atoms with E-state index in [2.05, 4.69) is 23.9 Å². The van der Waals surface area contributed by atoms with Crippen molar-refractivity contribution in [3.63, 3.8) is 0 Å².